The van der Waals surface area contributed by atoms with Gasteiger partial charge in [0, 0.05) is 41.1 Å². The van der Waals surface area contributed by atoms with E-state index < -0.39 is 10.0 Å². The maximum atomic E-state index is 11.6. The summed E-state index contributed by atoms with van der Waals surface area (Å²) in [5.41, 5.74) is 10.4. The first kappa shape index (κ1) is 20.7. The Morgan fingerprint density at radius 3 is 2.77 bits per heavy atom. The van der Waals surface area contributed by atoms with Gasteiger partial charge in [-0.2, -0.15) is 0 Å². The van der Waals surface area contributed by atoms with E-state index >= 15 is 0 Å². The zero-order valence-electron chi connectivity index (χ0n) is 16.7. The lowest BCUT2D eigenvalue weighted by Crippen LogP contribution is -2.32. The second kappa shape index (κ2) is 7.58. The van der Waals surface area contributed by atoms with Gasteiger partial charge in [-0.15, -0.1) is 0 Å². The molecule has 3 aromatic rings. The number of nitrogens with zero attached hydrogens (tertiary/aromatic N) is 3. The molecule has 156 valence electrons. The molecule has 1 aliphatic rings. The van der Waals surface area contributed by atoms with Crippen molar-refractivity contribution in [3.05, 3.63) is 52.7 Å². The number of nitrogen functional groups attached to an aromatic ring is 1. The largest absolute Gasteiger partial charge is 0.396 e. The van der Waals surface area contributed by atoms with Crippen molar-refractivity contribution in [1.29, 1.82) is 0 Å². The van der Waals surface area contributed by atoms with Gasteiger partial charge in [-0.3, -0.25) is 4.98 Å². The summed E-state index contributed by atoms with van der Waals surface area (Å²) < 4.78 is 28.2. The maximum Gasteiger partial charge on any atom is 0.208 e. The van der Waals surface area contributed by atoms with Crippen LogP contribution in [0.5, 0.6) is 0 Å². The zero-order chi connectivity index (χ0) is 21.6. The molecule has 2 aromatic heterocycles. The highest BCUT2D eigenvalue weighted by atomic mass is 35.5. The Hall–Kier alpha value is -2.60. The standard InChI is InChI=1S/C21H22ClN5O2S/c1-12-6-20-15(8-19(12)24-2)17(16-9-25-10-18(23)21(16)22)11-27(20)14-5-4-13(7-14)26-30(3,28)29/h6,8-11,13-14,26H,4-5,7,23H2,1,3H3/t13-,14+/m0/s1. The molecule has 2 atom stereocenters. The van der Waals surface area contributed by atoms with Crippen LogP contribution in [0.25, 0.3) is 26.9 Å². The van der Waals surface area contributed by atoms with E-state index in [-0.39, 0.29) is 12.1 Å². The number of benzene rings is 1. The molecule has 1 aliphatic carbocycles. The van der Waals surface area contributed by atoms with E-state index in [0.29, 0.717) is 28.4 Å². The van der Waals surface area contributed by atoms with Crippen molar-refractivity contribution < 1.29 is 8.42 Å². The van der Waals surface area contributed by atoms with Gasteiger partial charge in [-0.25, -0.2) is 18.0 Å². The average molecular weight is 444 g/mol. The minimum absolute atomic E-state index is 0.0906. The number of halogens is 1. The molecule has 0 spiro atoms. The number of nitrogens with one attached hydrogen (secondary N) is 1. The van der Waals surface area contributed by atoms with E-state index in [4.69, 9.17) is 23.9 Å². The molecule has 7 nitrogen and oxygen atoms in total. The van der Waals surface area contributed by atoms with E-state index in [1.165, 1.54) is 12.5 Å². The molecule has 9 heteroatoms. The van der Waals surface area contributed by atoms with Crippen LogP contribution in [0.3, 0.4) is 0 Å². The molecule has 0 radical (unpaired) electrons. The number of aryl methyl sites for hydroxylation is 1. The molecule has 0 saturated heterocycles. The van der Waals surface area contributed by atoms with Gasteiger partial charge in [-0.1, -0.05) is 11.6 Å². The molecule has 1 aromatic carbocycles. The summed E-state index contributed by atoms with van der Waals surface area (Å²) in [6, 6.07) is 3.93. The topological polar surface area (TPSA) is 94.4 Å². The summed E-state index contributed by atoms with van der Waals surface area (Å²) in [6.45, 7) is 9.41. The third kappa shape index (κ3) is 3.76. The Kier molecular flexibility index (Phi) is 5.22. The van der Waals surface area contributed by atoms with Crippen LogP contribution < -0.4 is 10.5 Å². The van der Waals surface area contributed by atoms with Gasteiger partial charge in [0.1, 0.15) is 0 Å². The minimum Gasteiger partial charge on any atom is -0.396 e. The van der Waals surface area contributed by atoms with Crippen LogP contribution in [0, 0.1) is 13.5 Å². The molecule has 0 unspecified atom stereocenters. The van der Waals surface area contributed by atoms with E-state index in [9.17, 15) is 8.42 Å². The van der Waals surface area contributed by atoms with Gasteiger partial charge in [0.05, 0.1) is 29.7 Å². The molecule has 0 aliphatic heterocycles. The third-order valence-corrected chi connectivity index (χ3v) is 6.83. The van der Waals surface area contributed by atoms with E-state index in [1.54, 1.807) is 6.20 Å². The highest BCUT2D eigenvalue weighted by molar-refractivity contribution is 7.88. The van der Waals surface area contributed by atoms with Gasteiger partial charge in [0.2, 0.25) is 10.0 Å². The lowest BCUT2D eigenvalue weighted by Gasteiger charge is -2.15. The SMILES string of the molecule is [C-]#[N+]c1cc2c(-c3cncc(N)c3Cl)cn([C@@H]3CC[C@H](NS(C)(=O)=O)C3)c2cc1C. The summed E-state index contributed by atoms with van der Waals surface area (Å²) in [5, 5.41) is 1.33. The van der Waals surface area contributed by atoms with Gasteiger partial charge in [0.25, 0.3) is 0 Å². The van der Waals surface area contributed by atoms with Crippen molar-refractivity contribution in [3.8, 4) is 11.1 Å². The van der Waals surface area contributed by atoms with E-state index in [2.05, 4.69) is 19.1 Å². The molecule has 0 bridgehead atoms. The van der Waals surface area contributed by atoms with Crippen molar-refractivity contribution in [2.24, 2.45) is 0 Å². The first-order chi connectivity index (χ1) is 14.2. The molecule has 1 fully saturated rings. The molecule has 1 saturated carbocycles. The minimum atomic E-state index is -3.25. The quantitative estimate of drug-likeness (QED) is 0.583. The molecule has 2 heterocycles. The summed E-state index contributed by atoms with van der Waals surface area (Å²) in [7, 11) is -3.25. The average Bonchev–Trinajstić information content (AvgIpc) is 3.26. The first-order valence-corrected chi connectivity index (χ1v) is 11.8. The normalized spacial score (nSPS) is 19.3. The molecular formula is C21H22ClN5O2S. The predicted octanol–water partition coefficient (Wildman–Crippen LogP) is 4.44. The lowest BCUT2D eigenvalue weighted by molar-refractivity contribution is 0.511. The van der Waals surface area contributed by atoms with Crippen LogP contribution in [0.1, 0.15) is 30.9 Å². The van der Waals surface area contributed by atoms with E-state index in [0.717, 1.165) is 34.9 Å². The van der Waals surface area contributed by atoms with Crippen LogP contribution >= 0.6 is 11.6 Å². The fourth-order valence-electron chi connectivity index (χ4n) is 4.29. The van der Waals surface area contributed by atoms with Gasteiger partial charge in [0.15, 0.2) is 5.69 Å². The molecule has 30 heavy (non-hydrogen) atoms. The third-order valence-electron chi connectivity index (χ3n) is 5.65. The smallest absolute Gasteiger partial charge is 0.208 e. The van der Waals surface area contributed by atoms with Gasteiger partial charge in [-0.05, 0) is 49.3 Å². The Morgan fingerprint density at radius 2 is 2.07 bits per heavy atom. The Bertz CT molecular complexity index is 1290. The number of hydrogen-bond donors (Lipinski definition) is 2. The van der Waals surface area contributed by atoms with Crippen molar-refractivity contribution in [1.82, 2.24) is 14.3 Å². The first-order valence-electron chi connectivity index (χ1n) is 9.57. The lowest BCUT2D eigenvalue weighted by atomic mass is 10.0. The molecule has 4 rings (SSSR count). The Morgan fingerprint density at radius 1 is 1.30 bits per heavy atom. The van der Waals surface area contributed by atoms with Crippen LogP contribution in [0.4, 0.5) is 11.4 Å². The summed E-state index contributed by atoms with van der Waals surface area (Å²) in [4.78, 5) is 7.84. The number of hydrogen-bond acceptors (Lipinski definition) is 4. The van der Waals surface area contributed by atoms with E-state index in [1.807, 2.05) is 25.3 Å². The second-order valence-corrected chi connectivity index (χ2v) is 10.0. The van der Waals surface area contributed by atoms with Crippen LogP contribution in [0.2, 0.25) is 5.02 Å². The van der Waals surface area contributed by atoms with Gasteiger partial charge < -0.3 is 10.3 Å². The molecule has 3 N–H and O–H groups in total. The molecule has 0 amide bonds. The number of anilines is 1. The monoisotopic (exact) mass is 443 g/mol. The van der Waals surface area contributed by atoms with Crippen LogP contribution in [-0.4, -0.2) is 30.3 Å². The Labute approximate surface area is 180 Å². The second-order valence-electron chi connectivity index (χ2n) is 7.86. The molecular weight excluding hydrogens is 422 g/mol. The zero-order valence-corrected chi connectivity index (χ0v) is 18.3. The number of nitrogens with two attached hydrogens (primary N) is 1. The summed E-state index contributed by atoms with van der Waals surface area (Å²) in [6.07, 6.45) is 8.72. The number of rotatable bonds is 4. The maximum absolute atomic E-state index is 11.6. The van der Waals surface area contributed by atoms with Crippen molar-refractivity contribution in [3.63, 3.8) is 0 Å². The Balaban J connectivity index is 1.86. The number of aromatic nitrogens is 2. The number of pyridine rings is 1. The highest BCUT2D eigenvalue weighted by Crippen LogP contribution is 2.42. The summed E-state index contributed by atoms with van der Waals surface area (Å²) >= 11 is 6.49. The highest BCUT2D eigenvalue weighted by Gasteiger charge is 2.29. The number of sulfonamides is 1. The summed E-state index contributed by atoms with van der Waals surface area (Å²) in [5.74, 6) is 0. The van der Waals surface area contributed by atoms with Crippen molar-refractivity contribution in [2.75, 3.05) is 12.0 Å². The van der Waals surface area contributed by atoms with Crippen molar-refractivity contribution >= 4 is 43.9 Å². The van der Waals surface area contributed by atoms with Crippen LogP contribution in [-0.2, 0) is 10.0 Å². The van der Waals surface area contributed by atoms with Gasteiger partial charge >= 0.3 is 0 Å². The fourth-order valence-corrected chi connectivity index (χ4v) is 5.31. The van der Waals surface area contributed by atoms with Crippen LogP contribution in [0.15, 0.2) is 30.7 Å². The van der Waals surface area contributed by atoms with Crippen molar-refractivity contribution in [2.45, 2.75) is 38.3 Å². The fraction of sp³-hybridized carbons (Fsp3) is 0.333. The number of fused-ring (bicyclic) bond motifs is 1. The predicted molar refractivity (Wildman–Crippen MR) is 120 cm³/mol.